The second-order valence-electron chi connectivity index (χ2n) is 15.6. The van der Waals surface area contributed by atoms with E-state index in [2.05, 4.69) is 65.6 Å². The minimum Gasteiger partial charge on any atom is -0.462 e. The van der Waals surface area contributed by atoms with Gasteiger partial charge in [-0.2, -0.15) is 0 Å². The Hall–Kier alpha value is -1.28. The van der Waals surface area contributed by atoms with Gasteiger partial charge >= 0.3 is 11.9 Å². The van der Waals surface area contributed by atoms with Gasteiger partial charge in [-0.1, -0.05) is 171 Å². The highest BCUT2D eigenvalue weighted by Crippen LogP contribution is 2.19. The molecule has 1 N–H and O–H groups in total. The van der Waals surface area contributed by atoms with Crippen LogP contribution in [0.15, 0.2) is 0 Å². The lowest BCUT2D eigenvalue weighted by Gasteiger charge is -2.20. The highest BCUT2D eigenvalue weighted by molar-refractivity contribution is 8.13. The van der Waals surface area contributed by atoms with Crippen molar-refractivity contribution >= 4 is 28.9 Å². The number of ether oxygens (including phenoxy) is 2. The topological polar surface area (TPSA) is 84.9 Å². The number of nitrogens with zero attached hydrogens (tertiary/aromatic N) is 1. The molecule has 0 rings (SSSR count). The molecule has 0 spiro atoms. The predicted octanol–water partition coefficient (Wildman–Crippen LogP) is 15.3. The molecule has 0 fully saturated rings. The number of esters is 2. The Balaban J connectivity index is -0.00000155. The maximum Gasteiger partial charge on any atom is 0.306 e. The first-order chi connectivity index (χ1) is 27.1. The summed E-state index contributed by atoms with van der Waals surface area (Å²) in [5.74, 6) is 0.511. The highest BCUT2D eigenvalue weighted by Gasteiger charge is 2.18. The van der Waals surface area contributed by atoms with Crippen LogP contribution in [0.1, 0.15) is 249 Å². The van der Waals surface area contributed by atoms with Crippen LogP contribution in [0.3, 0.4) is 0 Å². The van der Waals surface area contributed by atoms with Crippen molar-refractivity contribution in [3.05, 3.63) is 0 Å². The normalized spacial score (nSPS) is 11.7. The monoisotopic (exact) mass is 817 g/mol. The molecular formula is C48H100N2O5S. The molecule has 0 saturated carbocycles. The van der Waals surface area contributed by atoms with E-state index in [9.17, 15) is 14.4 Å². The number of thioether (sulfide) groups is 1. The van der Waals surface area contributed by atoms with Crippen LogP contribution in [-0.2, 0) is 19.1 Å². The van der Waals surface area contributed by atoms with Crippen molar-refractivity contribution in [1.29, 1.82) is 0 Å². The smallest absolute Gasteiger partial charge is 0.306 e. The molecule has 338 valence electrons. The third-order valence-corrected chi connectivity index (χ3v) is 9.99. The van der Waals surface area contributed by atoms with Crippen LogP contribution < -0.4 is 5.32 Å². The summed E-state index contributed by atoms with van der Waals surface area (Å²) in [4.78, 5) is 40.5. The van der Waals surface area contributed by atoms with Crippen molar-refractivity contribution in [2.45, 2.75) is 267 Å². The molecular weight excluding hydrogens is 717 g/mol. The van der Waals surface area contributed by atoms with Crippen LogP contribution in [0, 0.1) is 0 Å². The minimum atomic E-state index is -0.141. The fraction of sp³-hybridized carbons (Fsp3) is 0.938. The van der Waals surface area contributed by atoms with Gasteiger partial charge in [-0.25, -0.2) is 0 Å². The van der Waals surface area contributed by atoms with Gasteiger partial charge in [-0.3, -0.25) is 14.4 Å². The second-order valence-corrected chi connectivity index (χ2v) is 16.6. The van der Waals surface area contributed by atoms with E-state index in [0.29, 0.717) is 38.5 Å². The summed E-state index contributed by atoms with van der Waals surface area (Å²) >= 11 is 1.32. The van der Waals surface area contributed by atoms with Gasteiger partial charge in [0, 0.05) is 24.6 Å². The number of rotatable bonds is 34. The van der Waals surface area contributed by atoms with Gasteiger partial charge in [0.1, 0.15) is 12.2 Å². The number of unbranched alkanes of at least 4 members (excludes halogenated alkanes) is 12. The van der Waals surface area contributed by atoms with Crippen LogP contribution >= 0.6 is 11.8 Å². The van der Waals surface area contributed by atoms with Gasteiger partial charge in [0.2, 0.25) is 0 Å². The molecule has 0 radical (unpaired) electrons. The number of amides is 1. The number of carbonyl (C=O) groups is 3. The molecule has 0 aromatic rings. The molecule has 0 aromatic heterocycles. The van der Waals surface area contributed by atoms with Crippen molar-refractivity contribution in [3.63, 3.8) is 0 Å². The van der Waals surface area contributed by atoms with Crippen LogP contribution in [0.2, 0.25) is 0 Å². The van der Waals surface area contributed by atoms with Crippen LogP contribution in [0.4, 0.5) is 4.79 Å². The standard InChI is InChI=1S/C40H78N2O5S.2C3H8.C2H6/c1-7-11-14-17-20-28-36(10-4)46-38(43)31-23-26-35(41-40(45)48-34-25-33-42(5)6)27-24-32-39(44)47-37(29-21-18-15-12-8-2)30-22-19-16-13-9-3;2*1-3-2;1-2/h35-37H,7-34H2,1-6H3,(H,41,45);2*3H2,1-2H3;1-2H3. The fourth-order valence-corrected chi connectivity index (χ4v) is 6.76. The van der Waals surface area contributed by atoms with Crippen LogP contribution in [0.5, 0.6) is 0 Å². The SMILES string of the molecule is CC.CCC.CCC.CCCCCCCC(CC)OC(=O)CCCC(CCCC(=O)OC(CCCCCCC)CCCCCCC)NC(=O)SCCCN(C)C. The highest BCUT2D eigenvalue weighted by atomic mass is 32.2. The van der Waals surface area contributed by atoms with E-state index in [1.54, 1.807) is 0 Å². The first kappa shape index (κ1) is 61.4. The molecule has 8 heteroatoms. The summed E-state index contributed by atoms with van der Waals surface area (Å²) in [6.45, 7) is 22.2. The Labute approximate surface area is 355 Å². The average Bonchev–Trinajstić information content (AvgIpc) is 3.17. The molecule has 56 heavy (non-hydrogen) atoms. The van der Waals surface area contributed by atoms with Crippen LogP contribution in [-0.4, -0.2) is 66.7 Å². The third-order valence-electron chi connectivity index (χ3n) is 9.11. The van der Waals surface area contributed by atoms with Crippen molar-refractivity contribution < 1.29 is 23.9 Å². The molecule has 0 aliphatic heterocycles. The lowest BCUT2D eigenvalue weighted by Crippen LogP contribution is -2.33. The lowest BCUT2D eigenvalue weighted by atomic mass is 10.0. The molecule has 0 aliphatic rings. The van der Waals surface area contributed by atoms with Gasteiger partial charge < -0.3 is 19.7 Å². The zero-order valence-electron chi connectivity index (χ0n) is 39.8. The summed E-state index contributed by atoms with van der Waals surface area (Å²) in [5, 5.41) is 3.16. The molecule has 0 aromatic carbocycles. The van der Waals surface area contributed by atoms with Gasteiger partial charge in [0.05, 0.1) is 0 Å². The maximum atomic E-state index is 12.9. The molecule has 7 nitrogen and oxygen atoms in total. The molecule has 0 saturated heterocycles. The van der Waals surface area contributed by atoms with Crippen molar-refractivity contribution in [3.8, 4) is 0 Å². The summed E-state index contributed by atoms with van der Waals surface area (Å²) in [6, 6.07) is -0.0760. The Kier molecular flexibility index (Phi) is 56.7. The van der Waals surface area contributed by atoms with E-state index in [-0.39, 0.29) is 35.4 Å². The molecule has 0 aliphatic carbocycles. The Morgan fingerprint density at radius 3 is 1.27 bits per heavy atom. The van der Waals surface area contributed by atoms with E-state index in [4.69, 9.17) is 9.47 Å². The minimum absolute atomic E-state index is 0.00397. The van der Waals surface area contributed by atoms with Gasteiger partial charge in [-0.05, 0) is 97.7 Å². The van der Waals surface area contributed by atoms with Gasteiger partial charge in [0.15, 0.2) is 0 Å². The lowest BCUT2D eigenvalue weighted by molar-refractivity contribution is -0.150. The Bertz CT molecular complexity index is 782. The van der Waals surface area contributed by atoms with E-state index < -0.39 is 0 Å². The van der Waals surface area contributed by atoms with E-state index in [0.717, 1.165) is 63.7 Å². The Morgan fingerprint density at radius 1 is 0.518 bits per heavy atom. The summed E-state index contributed by atoms with van der Waals surface area (Å²) < 4.78 is 11.8. The number of hydrogen-bond donors (Lipinski definition) is 1. The summed E-state index contributed by atoms with van der Waals surface area (Å²) in [5.41, 5.74) is 0. The number of nitrogens with one attached hydrogen (secondary N) is 1. The summed E-state index contributed by atoms with van der Waals surface area (Å²) in [6.07, 6.45) is 28.8. The van der Waals surface area contributed by atoms with E-state index >= 15 is 0 Å². The van der Waals surface area contributed by atoms with Gasteiger partial charge in [-0.15, -0.1) is 0 Å². The van der Waals surface area contributed by atoms with Gasteiger partial charge in [0.25, 0.3) is 5.24 Å². The molecule has 2 unspecified atom stereocenters. The fourth-order valence-electron chi connectivity index (χ4n) is 6.05. The second kappa shape index (κ2) is 51.7. The molecule has 0 bridgehead atoms. The largest absolute Gasteiger partial charge is 0.462 e. The number of carbonyl (C=O) groups excluding carboxylic acids is 3. The van der Waals surface area contributed by atoms with Crippen molar-refractivity contribution in [1.82, 2.24) is 10.2 Å². The van der Waals surface area contributed by atoms with E-state index in [1.807, 2.05) is 27.9 Å². The maximum absolute atomic E-state index is 12.9. The summed E-state index contributed by atoms with van der Waals surface area (Å²) in [7, 11) is 4.08. The first-order valence-electron chi connectivity index (χ1n) is 24.0. The zero-order chi connectivity index (χ0) is 43.1. The van der Waals surface area contributed by atoms with Crippen molar-refractivity contribution in [2.24, 2.45) is 0 Å². The molecule has 0 heterocycles. The quantitative estimate of drug-likeness (QED) is 0.0511. The molecule has 1 amide bonds. The predicted molar refractivity (Wildman–Crippen MR) is 249 cm³/mol. The zero-order valence-corrected chi connectivity index (χ0v) is 40.7. The van der Waals surface area contributed by atoms with Crippen LogP contribution in [0.25, 0.3) is 0 Å². The Morgan fingerprint density at radius 2 is 0.893 bits per heavy atom. The van der Waals surface area contributed by atoms with Crippen molar-refractivity contribution in [2.75, 3.05) is 26.4 Å². The third kappa shape index (κ3) is 50.7. The first-order valence-corrected chi connectivity index (χ1v) is 25.0. The van der Waals surface area contributed by atoms with E-state index in [1.165, 1.54) is 102 Å². The molecule has 2 atom stereocenters. The number of hydrogen-bond acceptors (Lipinski definition) is 7. The average molecular weight is 817 g/mol.